The van der Waals surface area contributed by atoms with Crippen LogP contribution in [0.5, 0.6) is 0 Å². The molecule has 1 aliphatic heterocycles. The standard InChI is InChI=1S/C13H19N3O3S/c1-16(2)13(17)12-8-10(5-6-14-12)15-11-4-3-7-20(18,19)9-11/h5-6,8,11H,3-4,7,9H2,1-2H3,(H,14,15). The number of aromatic nitrogens is 1. The highest BCUT2D eigenvalue weighted by atomic mass is 32.2. The lowest BCUT2D eigenvalue weighted by atomic mass is 10.1. The molecule has 1 unspecified atom stereocenters. The molecular formula is C13H19N3O3S. The number of hydrogen-bond acceptors (Lipinski definition) is 5. The van der Waals surface area contributed by atoms with Gasteiger partial charge in [-0.25, -0.2) is 8.42 Å². The molecule has 1 amide bonds. The third-order valence-electron chi connectivity index (χ3n) is 3.22. The molecule has 1 fully saturated rings. The average Bonchev–Trinajstić information content (AvgIpc) is 2.37. The Morgan fingerprint density at radius 2 is 2.20 bits per heavy atom. The van der Waals surface area contributed by atoms with Crippen molar-refractivity contribution in [3.05, 3.63) is 24.0 Å². The maximum atomic E-state index is 11.8. The number of hydrogen-bond donors (Lipinski definition) is 1. The number of nitrogens with one attached hydrogen (secondary N) is 1. The smallest absolute Gasteiger partial charge is 0.272 e. The molecule has 7 heteroatoms. The van der Waals surface area contributed by atoms with Crippen molar-refractivity contribution >= 4 is 21.4 Å². The van der Waals surface area contributed by atoms with Crippen LogP contribution < -0.4 is 5.32 Å². The first-order valence-electron chi connectivity index (χ1n) is 6.52. The van der Waals surface area contributed by atoms with Gasteiger partial charge in [0, 0.05) is 32.0 Å². The van der Waals surface area contributed by atoms with Crippen molar-refractivity contribution in [3.63, 3.8) is 0 Å². The van der Waals surface area contributed by atoms with E-state index in [-0.39, 0.29) is 23.5 Å². The number of pyridine rings is 1. The molecule has 0 saturated carbocycles. The van der Waals surface area contributed by atoms with Gasteiger partial charge in [-0.2, -0.15) is 0 Å². The summed E-state index contributed by atoms with van der Waals surface area (Å²) in [5, 5.41) is 3.18. The Morgan fingerprint density at radius 3 is 2.85 bits per heavy atom. The first-order chi connectivity index (χ1) is 9.37. The first-order valence-corrected chi connectivity index (χ1v) is 8.34. The Morgan fingerprint density at radius 1 is 1.45 bits per heavy atom. The van der Waals surface area contributed by atoms with E-state index in [0.717, 1.165) is 12.1 Å². The van der Waals surface area contributed by atoms with Gasteiger partial charge in [-0.15, -0.1) is 0 Å². The molecule has 1 N–H and O–H groups in total. The molecule has 20 heavy (non-hydrogen) atoms. The molecule has 1 aromatic heterocycles. The summed E-state index contributed by atoms with van der Waals surface area (Å²) in [6.07, 6.45) is 3.05. The van der Waals surface area contributed by atoms with Gasteiger partial charge in [0.05, 0.1) is 11.5 Å². The lowest BCUT2D eigenvalue weighted by molar-refractivity contribution is 0.0822. The summed E-state index contributed by atoms with van der Waals surface area (Å²) in [5.74, 6) is 0.239. The summed E-state index contributed by atoms with van der Waals surface area (Å²) in [4.78, 5) is 17.3. The fourth-order valence-corrected chi connectivity index (χ4v) is 3.87. The molecule has 0 aliphatic carbocycles. The van der Waals surface area contributed by atoms with Crippen LogP contribution >= 0.6 is 0 Å². The third kappa shape index (κ3) is 3.69. The molecule has 0 spiro atoms. The number of nitrogens with zero attached hydrogens (tertiary/aromatic N) is 2. The predicted molar refractivity (Wildman–Crippen MR) is 77.6 cm³/mol. The van der Waals surface area contributed by atoms with E-state index in [1.807, 2.05) is 0 Å². The molecule has 1 aliphatic rings. The zero-order chi connectivity index (χ0) is 14.8. The highest BCUT2D eigenvalue weighted by Crippen LogP contribution is 2.18. The van der Waals surface area contributed by atoms with E-state index < -0.39 is 9.84 Å². The predicted octanol–water partition coefficient (Wildman–Crippen LogP) is 0.772. The van der Waals surface area contributed by atoms with Gasteiger partial charge in [0.15, 0.2) is 9.84 Å². The lowest BCUT2D eigenvalue weighted by Gasteiger charge is -2.24. The highest BCUT2D eigenvalue weighted by molar-refractivity contribution is 7.91. The van der Waals surface area contributed by atoms with Crippen LogP contribution in [0.3, 0.4) is 0 Å². The summed E-state index contributed by atoms with van der Waals surface area (Å²) in [7, 11) is 0.384. The normalized spacial score (nSPS) is 21.2. The van der Waals surface area contributed by atoms with E-state index in [2.05, 4.69) is 10.3 Å². The second-order valence-electron chi connectivity index (χ2n) is 5.23. The van der Waals surface area contributed by atoms with E-state index >= 15 is 0 Å². The van der Waals surface area contributed by atoms with Crippen molar-refractivity contribution < 1.29 is 13.2 Å². The maximum absolute atomic E-state index is 11.8. The number of carbonyl (C=O) groups is 1. The van der Waals surface area contributed by atoms with E-state index in [0.29, 0.717) is 12.1 Å². The molecule has 0 bridgehead atoms. The van der Waals surface area contributed by atoms with Crippen molar-refractivity contribution in [2.24, 2.45) is 0 Å². The molecule has 2 heterocycles. The van der Waals surface area contributed by atoms with E-state index in [1.54, 1.807) is 32.4 Å². The van der Waals surface area contributed by atoms with Crippen LogP contribution in [0.2, 0.25) is 0 Å². The van der Waals surface area contributed by atoms with Gasteiger partial charge < -0.3 is 10.2 Å². The van der Waals surface area contributed by atoms with Gasteiger partial charge in [-0.3, -0.25) is 9.78 Å². The minimum absolute atomic E-state index is 0.0986. The molecule has 0 radical (unpaired) electrons. The van der Waals surface area contributed by atoms with E-state index in [4.69, 9.17) is 0 Å². The van der Waals surface area contributed by atoms with Gasteiger partial charge in [0.2, 0.25) is 0 Å². The third-order valence-corrected chi connectivity index (χ3v) is 5.04. The molecule has 2 rings (SSSR count). The molecule has 1 aromatic rings. The quantitative estimate of drug-likeness (QED) is 0.891. The van der Waals surface area contributed by atoms with Crippen molar-refractivity contribution in [2.45, 2.75) is 18.9 Å². The summed E-state index contributed by atoms with van der Waals surface area (Å²) in [6.45, 7) is 0. The second-order valence-corrected chi connectivity index (χ2v) is 7.46. The van der Waals surface area contributed by atoms with Gasteiger partial charge in [0.1, 0.15) is 5.69 Å². The molecule has 6 nitrogen and oxygen atoms in total. The van der Waals surface area contributed by atoms with Crippen LogP contribution in [0, 0.1) is 0 Å². The molecule has 110 valence electrons. The van der Waals surface area contributed by atoms with Crippen LogP contribution in [0.25, 0.3) is 0 Å². The molecule has 1 saturated heterocycles. The number of amides is 1. The molecular weight excluding hydrogens is 278 g/mol. The Hall–Kier alpha value is -1.63. The highest BCUT2D eigenvalue weighted by Gasteiger charge is 2.24. The minimum atomic E-state index is -2.95. The monoisotopic (exact) mass is 297 g/mol. The summed E-state index contributed by atoms with van der Waals surface area (Å²) < 4.78 is 23.2. The van der Waals surface area contributed by atoms with Crippen LogP contribution in [0.4, 0.5) is 5.69 Å². The van der Waals surface area contributed by atoms with Crippen molar-refractivity contribution in [1.29, 1.82) is 0 Å². The van der Waals surface area contributed by atoms with Crippen LogP contribution in [-0.2, 0) is 9.84 Å². The molecule has 0 aromatic carbocycles. The molecule has 1 atom stereocenters. The number of rotatable bonds is 3. The second kappa shape index (κ2) is 5.78. The number of sulfone groups is 1. The summed E-state index contributed by atoms with van der Waals surface area (Å²) in [5.41, 5.74) is 1.07. The fraction of sp³-hybridized carbons (Fsp3) is 0.538. The van der Waals surface area contributed by atoms with Gasteiger partial charge in [-0.1, -0.05) is 0 Å². The Kier molecular flexibility index (Phi) is 4.27. The SMILES string of the molecule is CN(C)C(=O)c1cc(NC2CCCS(=O)(=O)C2)ccn1. The largest absolute Gasteiger partial charge is 0.381 e. The zero-order valence-corrected chi connectivity index (χ0v) is 12.5. The summed E-state index contributed by atoms with van der Waals surface area (Å²) >= 11 is 0. The van der Waals surface area contributed by atoms with Crippen molar-refractivity contribution in [2.75, 3.05) is 30.9 Å². The van der Waals surface area contributed by atoms with Gasteiger partial charge >= 0.3 is 0 Å². The number of carbonyl (C=O) groups excluding carboxylic acids is 1. The van der Waals surface area contributed by atoms with Crippen LogP contribution in [-0.4, -0.2) is 55.9 Å². The van der Waals surface area contributed by atoms with Crippen molar-refractivity contribution in [3.8, 4) is 0 Å². The van der Waals surface area contributed by atoms with Crippen LogP contribution in [0.15, 0.2) is 18.3 Å². The maximum Gasteiger partial charge on any atom is 0.272 e. The fourth-order valence-electron chi connectivity index (χ4n) is 2.24. The topological polar surface area (TPSA) is 79.4 Å². The van der Waals surface area contributed by atoms with Gasteiger partial charge in [-0.05, 0) is 25.0 Å². The Balaban J connectivity index is 2.10. The Bertz CT molecular complexity index is 599. The van der Waals surface area contributed by atoms with Crippen molar-refractivity contribution in [1.82, 2.24) is 9.88 Å². The van der Waals surface area contributed by atoms with E-state index in [9.17, 15) is 13.2 Å². The average molecular weight is 297 g/mol. The summed E-state index contributed by atoms with van der Waals surface area (Å²) in [6, 6.07) is 3.30. The first kappa shape index (κ1) is 14.8. The van der Waals surface area contributed by atoms with E-state index in [1.165, 1.54) is 4.90 Å². The van der Waals surface area contributed by atoms with Gasteiger partial charge in [0.25, 0.3) is 5.91 Å². The van der Waals surface area contributed by atoms with Crippen LogP contribution in [0.1, 0.15) is 23.3 Å². The lowest BCUT2D eigenvalue weighted by Crippen LogP contribution is -2.34. The minimum Gasteiger partial charge on any atom is -0.381 e. The zero-order valence-electron chi connectivity index (χ0n) is 11.7. The Labute approximate surface area is 119 Å². The number of anilines is 1.